The molecule has 2 heterocycles. The van der Waals surface area contributed by atoms with E-state index >= 15 is 0 Å². The maximum atomic E-state index is 5.40. The summed E-state index contributed by atoms with van der Waals surface area (Å²) in [6.07, 6.45) is 3.00. The third kappa shape index (κ3) is 4.25. The highest BCUT2D eigenvalue weighted by Crippen LogP contribution is 2.29. The molecule has 0 aliphatic carbocycles. The number of rotatable bonds is 6. The molecule has 5 nitrogen and oxygen atoms in total. The molecule has 1 aliphatic heterocycles. The average Bonchev–Trinajstić information content (AvgIpc) is 3.12. The Kier molecular flexibility index (Phi) is 5.81. The molecule has 0 radical (unpaired) electrons. The van der Waals surface area contributed by atoms with Crippen molar-refractivity contribution >= 4 is 21.7 Å². The van der Waals surface area contributed by atoms with E-state index in [1.165, 1.54) is 5.56 Å². The molecule has 1 aromatic carbocycles. The number of halogens is 1. The Labute approximate surface area is 157 Å². The van der Waals surface area contributed by atoms with E-state index in [0.29, 0.717) is 6.04 Å². The number of hydrogen-bond acceptors (Lipinski definition) is 5. The van der Waals surface area contributed by atoms with Crippen LogP contribution in [0.1, 0.15) is 12.0 Å². The van der Waals surface area contributed by atoms with Gasteiger partial charge in [0.1, 0.15) is 5.82 Å². The molecule has 0 bridgehead atoms. The third-order valence-corrected chi connectivity index (χ3v) is 5.17. The predicted molar refractivity (Wildman–Crippen MR) is 104 cm³/mol. The lowest BCUT2D eigenvalue weighted by Crippen LogP contribution is -2.34. The standard InChI is InChI=1S/C19H24BrN3O2/c1-22(12-14-4-6-17(24-2)18(10-14)25-3)16-8-9-23(13-16)19-7-5-15(20)11-21-19/h4-7,10-11,16H,8-9,12-13H2,1-3H3. The highest BCUT2D eigenvalue weighted by molar-refractivity contribution is 9.10. The topological polar surface area (TPSA) is 37.8 Å². The summed E-state index contributed by atoms with van der Waals surface area (Å²) in [4.78, 5) is 9.26. The van der Waals surface area contributed by atoms with Crippen LogP contribution >= 0.6 is 15.9 Å². The Bertz CT molecular complexity index is 708. The van der Waals surface area contributed by atoms with Crippen LogP contribution in [-0.4, -0.2) is 50.3 Å². The molecule has 1 atom stereocenters. The van der Waals surface area contributed by atoms with Gasteiger partial charge in [0.25, 0.3) is 0 Å². The number of nitrogens with zero attached hydrogens (tertiary/aromatic N) is 3. The minimum absolute atomic E-state index is 0.513. The lowest BCUT2D eigenvalue weighted by Gasteiger charge is -2.25. The first-order valence-corrected chi connectivity index (χ1v) is 9.17. The van der Waals surface area contributed by atoms with Crippen LogP contribution in [0.15, 0.2) is 41.0 Å². The number of pyridine rings is 1. The van der Waals surface area contributed by atoms with Crippen molar-refractivity contribution in [2.24, 2.45) is 0 Å². The Morgan fingerprint density at radius 3 is 2.68 bits per heavy atom. The van der Waals surface area contributed by atoms with Crippen molar-refractivity contribution in [3.05, 3.63) is 46.6 Å². The van der Waals surface area contributed by atoms with Crippen LogP contribution in [-0.2, 0) is 6.54 Å². The largest absolute Gasteiger partial charge is 0.493 e. The van der Waals surface area contributed by atoms with Gasteiger partial charge in [-0.2, -0.15) is 0 Å². The number of hydrogen-bond donors (Lipinski definition) is 0. The van der Waals surface area contributed by atoms with E-state index in [1.54, 1.807) is 14.2 Å². The van der Waals surface area contributed by atoms with Crippen molar-refractivity contribution in [1.29, 1.82) is 0 Å². The lowest BCUT2D eigenvalue weighted by atomic mass is 10.1. The molecule has 3 rings (SSSR count). The molecule has 1 fully saturated rings. The maximum absolute atomic E-state index is 5.40. The van der Waals surface area contributed by atoms with Crippen molar-refractivity contribution in [3.63, 3.8) is 0 Å². The van der Waals surface area contributed by atoms with Gasteiger partial charge in [-0.15, -0.1) is 0 Å². The van der Waals surface area contributed by atoms with Gasteiger partial charge in [-0.05, 0) is 59.2 Å². The van der Waals surface area contributed by atoms with Crippen LogP contribution in [0.5, 0.6) is 11.5 Å². The van der Waals surface area contributed by atoms with Crippen LogP contribution in [0.2, 0.25) is 0 Å². The Morgan fingerprint density at radius 1 is 1.20 bits per heavy atom. The summed E-state index contributed by atoms with van der Waals surface area (Å²) in [5, 5.41) is 0. The van der Waals surface area contributed by atoms with Crippen molar-refractivity contribution in [2.75, 3.05) is 39.3 Å². The molecule has 0 spiro atoms. The van der Waals surface area contributed by atoms with Gasteiger partial charge in [-0.1, -0.05) is 6.07 Å². The fourth-order valence-electron chi connectivity index (χ4n) is 3.26. The van der Waals surface area contributed by atoms with E-state index in [9.17, 15) is 0 Å². The number of likely N-dealkylation sites (N-methyl/N-ethyl adjacent to an activating group) is 1. The van der Waals surface area contributed by atoms with Gasteiger partial charge in [-0.3, -0.25) is 4.90 Å². The SMILES string of the molecule is COc1ccc(CN(C)C2CCN(c3ccc(Br)cn3)C2)cc1OC. The molecule has 0 amide bonds. The Balaban J connectivity index is 1.62. The molecule has 1 unspecified atom stereocenters. The molecule has 1 aromatic heterocycles. The highest BCUT2D eigenvalue weighted by Gasteiger charge is 2.26. The first-order valence-electron chi connectivity index (χ1n) is 8.38. The number of ether oxygens (including phenoxy) is 2. The number of anilines is 1. The van der Waals surface area contributed by atoms with Crippen molar-refractivity contribution in [2.45, 2.75) is 19.0 Å². The summed E-state index contributed by atoms with van der Waals surface area (Å²) in [5.41, 5.74) is 1.22. The van der Waals surface area contributed by atoms with Crippen molar-refractivity contribution < 1.29 is 9.47 Å². The van der Waals surface area contributed by atoms with Gasteiger partial charge in [0.2, 0.25) is 0 Å². The first-order chi connectivity index (χ1) is 12.1. The van der Waals surface area contributed by atoms with E-state index in [0.717, 1.165) is 47.8 Å². The van der Waals surface area contributed by atoms with Gasteiger partial charge < -0.3 is 14.4 Å². The zero-order chi connectivity index (χ0) is 17.8. The smallest absolute Gasteiger partial charge is 0.161 e. The average molecular weight is 406 g/mol. The van der Waals surface area contributed by atoms with Crippen molar-refractivity contribution in [3.8, 4) is 11.5 Å². The van der Waals surface area contributed by atoms with Crippen molar-refractivity contribution in [1.82, 2.24) is 9.88 Å². The minimum Gasteiger partial charge on any atom is -0.493 e. The molecule has 1 aliphatic rings. The predicted octanol–water partition coefficient (Wildman–Crippen LogP) is 3.57. The lowest BCUT2D eigenvalue weighted by molar-refractivity contribution is 0.250. The number of benzene rings is 1. The first kappa shape index (κ1) is 18.0. The van der Waals surface area contributed by atoms with E-state index in [2.05, 4.69) is 56.0 Å². The van der Waals surface area contributed by atoms with Gasteiger partial charge in [0, 0.05) is 36.3 Å². The molecule has 25 heavy (non-hydrogen) atoms. The van der Waals surface area contributed by atoms with E-state index in [1.807, 2.05) is 18.3 Å². The molecule has 6 heteroatoms. The van der Waals surface area contributed by atoms with Crippen LogP contribution < -0.4 is 14.4 Å². The van der Waals surface area contributed by atoms with Crippen LogP contribution in [0.4, 0.5) is 5.82 Å². The van der Waals surface area contributed by atoms with Crippen LogP contribution in [0.3, 0.4) is 0 Å². The quantitative estimate of drug-likeness (QED) is 0.734. The maximum Gasteiger partial charge on any atom is 0.161 e. The molecule has 134 valence electrons. The van der Waals surface area contributed by atoms with Gasteiger partial charge in [0.05, 0.1) is 14.2 Å². The van der Waals surface area contributed by atoms with Gasteiger partial charge in [-0.25, -0.2) is 4.98 Å². The Hall–Kier alpha value is -1.79. The summed E-state index contributed by atoms with van der Waals surface area (Å²) in [5.74, 6) is 2.59. The van der Waals surface area contributed by atoms with E-state index < -0.39 is 0 Å². The van der Waals surface area contributed by atoms with Crippen LogP contribution in [0.25, 0.3) is 0 Å². The third-order valence-electron chi connectivity index (χ3n) is 4.70. The number of methoxy groups -OCH3 is 2. The molecule has 1 saturated heterocycles. The zero-order valence-electron chi connectivity index (χ0n) is 14.9. The van der Waals surface area contributed by atoms with Crippen LogP contribution in [0, 0.1) is 0 Å². The van der Waals surface area contributed by atoms with E-state index in [4.69, 9.17) is 9.47 Å². The number of aromatic nitrogens is 1. The molecular weight excluding hydrogens is 382 g/mol. The summed E-state index contributed by atoms with van der Waals surface area (Å²) in [6, 6.07) is 10.7. The summed E-state index contributed by atoms with van der Waals surface area (Å²) in [7, 11) is 5.51. The monoisotopic (exact) mass is 405 g/mol. The van der Waals surface area contributed by atoms with Gasteiger partial charge >= 0.3 is 0 Å². The summed E-state index contributed by atoms with van der Waals surface area (Å²) in [6.45, 7) is 2.92. The fourth-order valence-corrected chi connectivity index (χ4v) is 3.50. The molecule has 2 aromatic rings. The molecule has 0 N–H and O–H groups in total. The molecule has 0 saturated carbocycles. The fraction of sp³-hybridized carbons (Fsp3) is 0.421. The zero-order valence-corrected chi connectivity index (χ0v) is 16.5. The second-order valence-corrected chi connectivity index (χ2v) is 7.24. The second kappa shape index (κ2) is 8.06. The van der Waals surface area contributed by atoms with Gasteiger partial charge in [0.15, 0.2) is 11.5 Å². The van der Waals surface area contributed by atoms with E-state index in [-0.39, 0.29) is 0 Å². The normalized spacial score (nSPS) is 17.2. The molecular formula is C19H24BrN3O2. The highest BCUT2D eigenvalue weighted by atomic mass is 79.9. The Morgan fingerprint density at radius 2 is 2.00 bits per heavy atom. The summed E-state index contributed by atoms with van der Waals surface area (Å²) >= 11 is 3.44. The second-order valence-electron chi connectivity index (χ2n) is 6.33. The summed E-state index contributed by atoms with van der Waals surface area (Å²) < 4.78 is 11.7. The minimum atomic E-state index is 0.513.